The van der Waals surface area contributed by atoms with E-state index in [-0.39, 0.29) is 11.6 Å². The van der Waals surface area contributed by atoms with Gasteiger partial charge < -0.3 is 0 Å². The number of nitro benzene ring substituents is 1. The quantitative estimate of drug-likeness (QED) is 0.292. The van der Waals surface area contributed by atoms with E-state index in [1.54, 1.807) is 43.5 Å². The lowest BCUT2D eigenvalue weighted by Crippen LogP contribution is -2.23. The van der Waals surface area contributed by atoms with Gasteiger partial charge in [-0.2, -0.15) is 4.99 Å². The number of hydrogen-bond acceptors (Lipinski definition) is 7. The van der Waals surface area contributed by atoms with Crippen molar-refractivity contribution in [2.45, 2.75) is 0 Å². The zero-order valence-electron chi connectivity index (χ0n) is 16.3. The van der Waals surface area contributed by atoms with Crippen LogP contribution in [0.1, 0.15) is 5.56 Å². The molecule has 2 heterocycles. The number of nitro groups is 1. The van der Waals surface area contributed by atoms with E-state index in [1.807, 2.05) is 35.7 Å². The van der Waals surface area contributed by atoms with Gasteiger partial charge in [-0.05, 0) is 30.0 Å². The number of aromatic nitrogens is 1. The highest BCUT2D eigenvalue weighted by molar-refractivity contribution is 8.18. The summed E-state index contributed by atoms with van der Waals surface area (Å²) in [5, 5.41) is 14.1. The third kappa shape index (κ3) is 4.62. The maximum absolute atomic E-state index is 12.5. The molecule has 1 amide bonds. The Morgan fingerprint density at radius 1 is 1.13 bits per heavy atom. The van der Waals surface area contributed by atoms with Crippen molar-refractivity contribution in [1.29, 1.82) is 0 Å². The normalized spacial score (nSPS) is 16.7. The second-order valence-electron chi connectivity index (χ2n) is 6.45. The van der Waals surface area contributed by atoms with Crippen molar-refractivity contribution >= 4 is 51.1 Å². The summed E-state index contributed by atoms with van der Waals surface area (Å²) in [5.41, 5.74) is 2.33. The molecule has 1 aromatic heterocycles. The van der Waals surface area contributed by atoms with Gasteiger partial charge in [0.1, 0.15) is 0 Å². The highest BCUT2D eigenvalue weighted by Gasteiger charge is 2.30. The zero-order valence-corrected chi connectivity index (χ0v) is 18.0. The number of hydrogen-bond donors (Lipinski definition) is 0. The van der Waals surface area contributed by atoms with Crippen LogP contribution in [0.5, 0.6) is 0 Å². The molecule has 0 bridgehead atoms. The lowest BCUT2D eigenvalue weighted by Gasteiger charge is -2.05. The molecular weight excluding hydrogens is 432 g/mol. The van der Waals surface area contributed by atoms with E-state index < -0.39 is 4.92 Å². The summed E-state index contributed by atoms with van der Waals surface area (Å²) in [6, 6.07) is 16.3. The molecule has 1 fully saturated rings. The Bertz CT molecular complexity index is 1230. The Morgan fingerprint density at radius 3 is 2.65 bits per heavy atom. The van der Waals surface area contributed by atoms with E-state index in [2.05, 4.69) is 9.98 Å². The monoisotopic (exact) mass is 448 g/mol. The highest BCUT2D eigenvalue weighted by Crippen LogP contribution is 2.34. The molecule has 1 saturated heterocycles. The molecule has 2 aromatic carbocycles. The summed E-state index contributed by atoms with van der Waals surface area (Å²) in [6.45, 7) is 0. The molecule has 7 nitrogen and oxygen atoms in total. The van der Waals surface area contributed by atoms with Crippen molar-refractivity contribution in [3.05, 3.63) is 92.7 Å². The van der Waals surface area contributed by atoms with E-state index >= 15 is 0 Å². The Balaban J connectivity index is 1.53. The van der Waals surface area contributed by atoms with Crippen LogP contribution in [0.15, 0.2) is 82.0 Å². The summed E-state index contributed by atoms with van der Waals surface area (Å²) >= 11 is 2.65. The maximum atomic E-state index is 12.5. The fourth-order valence-electron chi connectivity index (χ4n) is 2.84. The predicted molar refractivity (Wildman–Crippen MR) is 125 cm³/mol. The van der Waals surface area contributed by atoms with Crippen LogP contribution in [-0.4, -0.2) is 32.9 Å². The number of allylic oxidation sites excluding steroid dienone is 2. The van der Waals surface area contributed by atoms with Crippen LogP contribution in [0.3, 0.4) is 0 Å². The van der Waals surface area contributed by atoms with Gasteiger partial charge in [-0.25, -0.2) is 4.98 Å². The lowest BCUT2D eigenvalue weighted by atomic mass is 10.1. The smallest absolute Gasteiger partial charge is 0.276 e. The largest absolute Gasteiger partial charge is 0.289 e. The molecule has 9 heteroatoms. The predicted octanol–water partition coefficient (Wildman–Crippen LogP) is 5.51. The summed E-state index contributed by atoms with van der Waals surface area (Å²) in [7, 11) is 1.66. The van der Waals surface area contributed by atoms with Crippen molar-refractivity contribution in [2.24, 2.45) is 4.99 Å². The van der Waals surface area contributed by atoms with Gasteiger partial charge in [0.15, 0.2) is 5.17 Å². The highest BCUT2D eigenvalue weighted by atomic mass is 32.2. The maximum Gasteiger partial charge on any atom is 0.276 e. The van der Waals surface area contributed by atoms with Gasteiger partial charge in [0.25, 0.3) is 11.6 Å². The van der Waals surface area contributed by atoms with Crippen molar-refractivity contribution in [3.63, 3.8) is 0 Å². The number of aliphatic imine (C=N–C) groups is 1. The van der Waals surface area contributed by atoms with Crippen molar-refractivity contribution in [1.82, 2.24) is 9.88 Å². The Hall–Kier alpha value is -3.56. The molecule has 0 N–H and O–H groups in total. The van der Waals surface area contributed by atoms with Crippen molar-refractivity contribution < 1.29 is 9.72 Å². The average Bonchev–Trinajstić information content (AvgIpc) is 3.35. The van der Waals surface area contributed by atoms with E-state index in [4.69, 9.17) is 0 Å². The Labute approximate surface area is 186 Å². The third-order valence-electron chi connectivity index (χ3n) is 4.41. The fraction of sp³-hybridized carbons (Fsp3) is 0.0455. The number of thioether (sulfide) groups is 1. The molecule has 0 radical (unpaired) electrons. The first-order valence-electron chi connectivity index (χ1n) is 9.20. The number of thiazole rings is 1. The minimum atomic E-state index is -0.432. The fourth-order valence-corrected chi connectivity index (χ4v) is 4.51. The number of carbonyl (C=O) groups excluding carboxylic acids is 1. The van der Waals surface area contributed by atoms with Crippen LogP contribution in [0.25, 0.3) is 17.3 Å². The number of rotatable bonds is 5. The first kappa shape index (κ1) is 20.7. The summed E-state index contributed by atoms with van der Waals surface area (Å²) in [4.78, 5) is 34.3. The average molecular weight is 449 g/mol. The van der Waals surface area contributed by atoms with Gasteiger partial charge >= 0.3 is 0 Å². The van der Waals surface area contributed by atoms with Gasteiger partial charge in [0.2, 0.25) is 5.13 Å². The van der Waals surface area contributed by atoms with E-state index in [0.717, 1.165) is 11.3 Å². The Morgan fingerprint density at radius 2 is 1.87 bits per heavy atom. The molecule has 1 aliphatic heterocycles. The molecule has 154 valence electrons. The molecule has 3 aromatic rings. The molecule has 0 atom stereocenters. The first-order valence-corrected chi connectivity index (χ1v) is 10.9. The molecule has 0 spiro atoms. The summed E-state index contributed by atoms with van der Waals surface area (Å²) in [6.07, 6.45) is 4.89. The molecule has 4 rings (SSSR count). The van der Waals surface area contributed by atoms with Crippen LogP contribution in [0.4, 0.5) is 10.8 Å². The lowest BCUT2D eigenvalue weighted by molar-refractivity contribution is -0.385. The van der Waals surface area contributed by atoms with Gasteiger partial charge in [-0.1, -0.05) is 48.5 Å². The third-order valence-corrected chi connectivity index (χ3v) is 6.23. The number of amides is 1. The minimum Gasteiger partial charge on any atom is -0.289 e. The molecule has 0 unspecified atom stereocenters. The number of para-hydroxylation sites is 1. The first-order chi connectivity index (χ1) is 15.0. The zero-order chi connectivity index (χ0) is 21.8. The number of amidine groups is 1. The van der Waals surface area contributed by atoms with Crippen molar-refractivity contribution in [2.75, 3.05) is 7.05 Å². The topological polar surface area (TPSA) is 88.7 Å². The van der Waals surface area contributed by atoms with E-state index in [9.17, 15) is 14.9 Å². The second-order valence-corrected chi connectivity index (χ2v) is 8.29. The van der Waals surface area contributed by atoms with E-state index in [0.29, 0.717) is 20.8 Å². The van der Waals surface area contributed by atoms with Crippen LogP contribution in [0.2, 0.25) is 0 Å². The molecule has 31 heavy (non-hydrogen) atoms. The molecular formula is C22H16N4O3S2. The summed E-state index contributed by atoms with van der Waals surface area (Å²) < 4.78 is 0. The number of carbonyl (C=O) groups is 1. The molecule has 1 aliphatic rings. The van der Waals surface area contributed by atoms with Crippen molar-refractivity contribution in [3.8, 4) is 11.3 Å². The van der Waals surface area contributed by atoms with Gasteiger partial charge in [0.05, 0.1) is 21.1 Å². The van der Waals surface area contributed by atoms with Gasteiger partial charge in [-0.3, -0.25) is 19.8 Å². The number of nitrogens with zero attached hydrogens (tertiary/aromatic N) is 4. The Kier molecular flexibility index (Phi) is 6.06. The van der Waals surface area contributed by atoms with E-state index in [1.165, 1.54) is 34.1 Å². The number of likely N-dealkylation sites (N-methyl/N-ethyl adjacent to an activating group) is 1. The molecule has 0 saturated carbocycles. The second kappa shape index (κ2) is 9.07. The number of benzene rings is 2. The minimum absolute atomic E-state index is 0.0138. The van der Waals surface area contributed by atoms with Crippen LogP contribution in [-0.2, 0) is 4.79 Å². The SMILES string of the molecule is CN1C(=O)/C(=C/C=C/c2ccccc2[N+](=O)[O-])S/C1=N/c1nc(-c2ccccc2)cs1. The van der Waals surface area contributed by atoms with Crippen LogP contribution >= 0.6 is 23.1 Å². The standard InChI is InChI=1S/C22H16N4O3S2/c1-25-20(27)19(13-7-11-16-10-5-6-12-18(16)26(28)29)31-22(25)24-21-23-17(14-30-21)15-8-3-2-4-9-15/h2-14H,1H3/b11-7+,19-13-,24-22+. The molecule has 0 aliphatic carbocycles. The summed E-state index contributed by atoms with van der Waals surface area (Å²) in [5.74, 6) is -0.184. The van der Waals surface area contributed by atoms with Crippen LogP contribution in [0, 0.1) is 10.1 Å². The van der Waals surface area contributed by atoms with Gasteiger partial charge in [0, 0.05) is 24.1 Å². The van der Waals surface area contributed by atoms with Gasteiger partial charge in [-0.15, -0.1) is 11.3 Å². The van der Waals surface area contributed by atoms with Crippen LogP contribution < -0.4 is 0 Å².